The molecule has 1 heterocycles. The topological polar surface area (TPSA) is 15.7 Å². The molecule has 0 bridgehead atoms. The number of ether oxygens (including phenoxy) is 1. The van der Waals surface area contributed by atoms with Crippen LogP contribution in [0.15, 0.2) is 0 Å². The van der Waals surface area contributed by atoms with Crippen molar-refractivity contribution in [2.75, 3.05) is 53.5 Å². The summed E-state index contributed by atoms with van der Waals surface area (Å²) in [6, 6.07) is 0. The third kappa shape index (κ3) is 10.2. The summed E-state index contributed by atoms with van der Waals surface area (Å²) < 4.78 is 5.02. The summed E-state index contributed by atoms with van der Waals surface area (Å²) in [6.07, 6.45) is 0. The van der Waals surface area contributed by atoms with Crippen LogP contribution in [0.1, 0.15) is 27.7 Å². The van der Waals surface area contributed by atoms with Gasteiger partial charge in [-0.3, -0.25) is 4.90 Å². The highest BCUT2D eigenvalue weighted by molar-refractivity contribution is 4.68. The Kier molecular flexibility index (Phi) is 16.0. The summed E-state index contributed by atoms with van der Waals surface area (Å²) in [7, 11) is 3.93. The predicted molar refractivity (Wildman–Crippen MR) is 68.5 cm³/mol. The van der Waals surface area contributed by atoms with Crippen molar-refractivity contribution >= 4 is 0 Å². The Labute approximate surface area is 96.4 Å². The van der Waals surface area contributed by atoms with Crippen LogP contribution in [-0.4, -0.2) is 63.3 Å². The van der Waals surface area contributed by atoms with E-state index in [-0.39, 0.29) is 0 Å². The molecule has 1 fully saturated rings. The van der Waals surface area contributed by atoms with Gasteiger partial charge in [0, 0.05) is 39.8 Å². The van der Waals surface area contributed by atoms with E-state index in [1.807, 2.05) is 27.7 Å². The van der Waals surface area contributed by atoms with Crippen molar-refractivity contribution in [2.45, 2.75) is 27.7 Å². The smallest absolute Gasteiger partial charge is 0.0589 e. The molecule has 0 radical (unpaired) electrons. The number of methoxy groups -OCH3 is 1. The average molecular weight is 218 g/mol. The van der Waals surface area contributed by atoms with Gasteiger partial charge >= 0.3 is 0 Å². The molecule has 0 aromatic rings. The summed E-state index contributed by atoms with van der Waals surface area (Å²) in [6.45, 7) is 14.7. The van der Waals surface area contributed by atoms with Gasteiger partial charge in [0.05, 0.1) is 6.61 Å². The highest BCUT2D eigenvalue weighted by Crippen LogP contribution is 1.97. The Bertz CT molecular complexity index is 99.0. The zero-order valence-corrected chi connectivity index (χ0v) is 11.5. The van der Waals surface area contributed by atoms with Crippen LogP contribution in [-0.2, 0) is 4.74 Å². The molecule has 1 saturated heterocycles. The molecule has 0 atom stereocenters. The van der Waals surface area contributed by atoms with Crippen LogP contribution in [0.4, 0.5) is 0 Å². The molecule has 3 nitrogen and oxygen atoms in total. The van der Waals surface area contributed by atoms with Crippen LogP contribution in [0.3, 0.4) is 0 Å². The molecule has 0 amide bonds. The second-order valence-electron chi connectivity index (χ2n) is 3.14. The monoisotopic (exact) mass is 218 g/mol. The van der Waals surface area contributed by atoms with Crippen LogP contribution in [0.25, 0.3) is 0 Å². The van der Waals surface area contributed by atoms with Crippen molar-refractivity contribution in [3.63, 3.8) is 0 Å². The summed E-state index contributed by atoms with van der Waals surface area (Å²) in [5.41, 5.74) is 0. The van der Waals surface area contributed by atoms with Crippen LogP contribution in [0, 0.1) is 0 Å². The van der Waals surface area contributed by atoms with Crippen molar-refractivity contribution in [1.29, 1.82) is 0 Å². The minimum atomic E-state index is 0.865. The van der Waals surface area contributed by atoms with Crippen molar-refractivity contribution < 1.29 is 4.74 Å². The van der Waals surface area contributed by atoms with Gasteiger partial charge in [0.25, 0.3) is 0 Å². The molecule has 0 N–H and O–H groups in total. The molecule has 15 heavy (non-hydrogen) atoms. The van der Waals surface area contributed by atoms with E-state index < -0.39 is 0 Å². The van der Waals surface area contributed by atoms with Crippen molar-refractivity contribution in [3.05, 3.63) is 0 Å². The first-order valence-corrected chi connectivity index (χ1v) is 6.23. The minimum absolute atomic E-state index is 0.865. The number of hydrogen-bond donors (Lipinski definition) is 0. The van der Waals surface area contributed by atoms with E-state index in [9.17, 15) is 0 Å². The second-order valence-corrected chi connectivity index (χ2v) is 3.14. The maximum atomic E-state index is 5.02. The van der Waals surface area contributed by atoms with E-state index in [0.29, 0.717) is 0 Å². The fourth-order valence-electron chi connectivity index (χ4n) is 1.29. The number of hydrogen-bond acceptors (Lipinski definition) is 3. The third-order valence-electron chi connectivity index (χ3n) is 2.21. The predicted octanol–water partition coefficient (Wildman–Crippen LogP) is 1.93. The first-order valence-electron chi connectivity index (χ1n) is 6.23. The molecule has 1 aliphatic rings. The normalized spacial score (nSPS) is 17.2. The lowest BCUT2D eigenvalue weighted by Gasteiger charge is -2.31. The van der Waals surface area contributed by atoms with E-state index in [4.69, 9.17) is 4.74 Å². The minimum Gasteiger partial charge on any atom is -0.383 e. The van der Waals surface area contributed by atoms with Crippen molar-refractivity contribution in [3.8, 4) is 0 Å². The fourth-order valence-corrected chi connectivity index (χ4v) is 1.29. The van der Waals surface area contributed by atoms with E-state index in [0.717, 1.165) is 13.2 Å². The van der Waals surface area contributed by atoms with E-state index in [1.165, 1.54) is 26.2 Å². The molecule has 0 spiro atoms. The average Bonchev–Trinajstić information content (AvgIpc) is 2.34. The first kappa shape index (κ1) is 17.3. The lowest BCUT2D eigenvalue weighted by molar-refractivity contribution is 0.108. The van der Waals surface area contributed by atoms with Crippen LogP contribution < -0.4 is 0 Å². The van der Waals surface area contributed by atoms with E-state index in [1.54, 1.807) is 7.11 Å². The van der Waals surface area contributed by atoms with Gasteiger partial charge in [0.2, 0.25) is 0 Å². The van der Waals surface area contributed by atoms with Gasteiger partial charge in [-0.2, -0.15) is 0 Å². The lowest BCUT2D eigenvalue weighted by atomic mass is 10.3. The van der Waals surface area contributed by atoms with Crippen molar-refractivity contribution in [2.24, 2.45) is 0 Å². The van der Waals surface area contributed by atoms with Crippen molar-refractivity contribution in [1.82, 2.24) is 9.80 Å². The summed E-state index contributed by atoms with van der Waals surface area (Å²) in [5.74, 6) is 0. The SMILES string of the molecule is CC.CC.COCCN1CCN(C)CC1. The Morgan fingerprint density at radius 3 is 1.80 bits per heavy atom. The summed E-state index contributed by atoms with van der Waals surface area (Å²) in [5, 5.41) is 0. The molecule has 0 aromatic heterocycles. The lowest BCUT2D eigenvalue weighted by Crippen LogP contribution is -2.45. The zero-order valence-electron chi connectivity index (χ0n) is 11.5. The van der Waals surface area contributed by atoms with Gasteiger partial charge in [-0.05, 0) is 7.05 Å². The molecule has 0 aromatic carbocycles. The third-order valence-corrected chi connectivity index (χ3v) is 2.21. The van der Waals surface area contributed by atoms with Gasteiger partial charge in [-0.1, -0.05) is 27.7 Å². The highest BCUT2D eigenvalue weighted by Gasteiger charge is 2.12. The molecule has 1 aliphatic heterocycles. The molecule has 0 saturated carbocycles. The Balaban J connectivity index is 0. The maximum absolute atomic E-state index is 5.02. The Morgan fingerprint density at radius 2 is 1.40 bits per heavy atom. The van der Waals surface area contributed by atoms with Gasteiger partial charge in [0.1, 0.15) is 0 Å². The largest absolute Gasteiger partial charge is 0.383 e. The summed E-state index contributed by atoms with van der Waals surface area (Å²) >= 11 is 0. The van der Waals surface area contributed by atoms with Gasteiger partial charge in [-0.15, -0.1) is 0 Å². The molecule has 94 valence electrons. The molecular formula is C12H30N2O. The quantitative estimate of drug-likeness (QED) is 0.720. The standard InChI is InChI=1S/C8H18N2O.2C2H6/c1-9-3-5-10(6-4-9)7-8-11-2;2*1-2/h3-8H2,1-2H3;2*1-2H3. The van der Waals surface area contributed by atoms with Crippen LogP contribution in [0.2, 0.25) is 0 Å². The van der Waals surface area contributed by atoms with Gasteiger partial charge < -0.3 is 9.64 Å². The number of piperazine rings is 1. The van der Waals surface area contributed by atoms with Crippen LogP contribution in [0.5, 0.6) is 0 Å². The Hall–Kier alpha value is -0.120. The summed E-state index contributed by atoms with van der Waals surface area (Å²) in [4.78, 5) is 4.81. The molecule has 3 heteroatoms. The number of nitrogens with zero attached hydrogens (tertiary/aromatic N) is 2. The number of rotatable bonds is 3. The molecule has 1 rings (SSSR count). The first-order chi connectivity index (χ1) is 7.33. The molecule has 0 aliphatic carbocycles. The van der Waals surface area contributed by atoms with Gasteiger partial charge in [-0.25, -0.2) is 0 Å². The maximum Gasteiger partial charge on any atom is 0.0589 e. The van der Waals surface area contributed by atoms with Crippen LogP contribution >= 0.6 is 0 Å². The zero-order chi connectivity index (χ0) is 12.1. The Morgan fingerprint density at radius 1 is 0.933 bits per heavy atom. The number of likely N-dealkylation sites (N-methyl/N-ethyl adjacent to an activating group) is 1. The fraction of sp³-hybridized carbons (Fsp3) is 1.00. The second kappa shape index (κ2) is 13.9. The van der Waals surface area contributed by atoms with E-state index >= 15 is 0 Å². The van der Waals surface area contributed by atoms with E-state index in [2.05, 4.69) is 16.8 Å². The molecular weight excluding hydrogens is 188 g/mol. The highest BCUT2D eigenvalue weighted by atomic mass is 16.5. The molecule has 0 unspecified atom stereocenters. The van der Waals surface area contributed by atoms with Gasteiger partial charge in [0.15, 0.2) is 0 Å².